The number of hydrogen-bond acceptors (Lipinski definition) is 10. The van der Waals surface area contributed by atoms with E-state index in [1.807, 2.05) is 29.2 Å². The maximum atomic E-state index is 13.6. The lowest BCUT2D eigenvalue weighted by molar-refractivity contribution is -0.139. The molecule has 43 heavy (non-hydrogen) atoms. The van der Waals surface area contributed by atoms with Gasteiger partial charge in [0.15, 0.2) is 11.5 Å². The minimum Gasteiger partial charge on any atom is -0.469 e. The third kappa shape index (κ3) is 8.54. The van der Waals surface area contributed by atoms with Crippen molar-refractivity contribution < 1.29 is 19.1 Å². The van der Waals surface area contributed by atoms with Crippen molar-refractivity contribution in [3.8, 4) is 6.01 Å². The van der Waals surface area contributed by atoms with Crippen LogP contribution in [0, 0.1) is 0 Å². The van der Waals surface area contributed by atoms with Gasteiger partial charge >= 0.3 is 17.7 Å². The Balaban J connectivity index is 1.47. The molecule has 1 aliphatic rings. The van der Waals surface area contributed by atoms with Gasteiger partial charge in [0.1, 0.15) is 5.52 Å². The molecule has 1 unspecified atom stereocenters. The fourth-order valence-corrected chi connectivity index (χ4v) is 5.21. The number of imidazole rings is 1. The van der Waals surface area contributed by atoms with Crippen LogP contribution in [0.1, 0.15) is 43.7 Å². The first kappa shape index (κ1) is 32.0. The van der Waals surface area contributed by atoms with Crippen LogP contribution in [0.25, 0.3) is 11.2 Å². The highest BCUT2D eigenvalue weighted by molar-refractivity contribution is 5.82. The molecule has 234 valence electrons. The van der Waals surface area contributed by atoms with E-state index >= 15 is 0 Å². The maximum absolute atomic E-state index is 13.6. The summed E-state index contributed by atoms with van der Waals surface area (Å²) in [4.78, 5) is 55.7. The number of rotatable bonds is 15. The monoisotopic (exact) mass is 596 g/mol. The molecule has 0 saturated carbocycles. The molecule has 1 amide bonds. The maximum Gasteiger partial charge on any atom is 0.327 e. The number of likely N-dealkylation sites (N-methyl/N-ethyl adjacent to an activating group) is 1. The van der Waals surface area contributed by atoms with Crippen molar-refractivity contribution in [1.82, 2.24) is 34.2 Å². The number of aromatic amines is 1. The van der Waals surface area contributed by atoms with E-state index in [0.717, 1.165) is 43.5 Å². The van der Waals surface area contributed by atoms with E-state index in [1.54, 1.807) is 0 Å². The van der Waals surface area contributed by atoms with Gasteiger partial charge in [-0.2, -0.15) is 9.97 Å². The second-order valence-corrected chi connectivity index (χ2v) is 11.3. The lowest BCUT2D eigenvalue weighted by Gasteiger charge is -2.26. The molecule has 1 aromatic carbocycles. The summed E-state index contributed by atoms with van der Waals surface area (Å²) in [5.74, 6) is -0.116. The molecule has 1 aliphatic heterocycles. The first-order valence-electron chi connectivity index (χ1n) is 14.9. The van der Waals surface area contributed by atoms with Crippen LogP contribution in [0.15, 0.2) is 29.1 Å². The number of amides is 1. The fourth-order valence-electron chi connectivity index (χ4n) is 5.21. The number of carbonyl (C=O) groups excluding carboxylic acids is 2. The Hall–Kier alpha value is -3.97. The van der Waals surface area contributed by atoms with Crippen LogP contribution in [0.4, 0.5) is 5.82 Å². The summed E-state index contributed by atoms with van der Waals surface area (Å²) in [5, 5.41) is 0. The molecule has 0 bridgehead atoms. The number of esters is 1. The number of nitrogens with two attached hydrogens (primary N) is 1. The predicted octanol–water partition coefficient (Wildman–Crippen LogP) is 1.65. The van der Waals surface area contributed by atoms with Gasteiger partial charge in [0.05, 0.1) is 26.7 Å². The number of ether oxygens (including phenoxy) is 2. The first-order chi connectivity index (χ1) is 20.7. The Labute approximate surface area is 252 Å². The number of aromatic nitrogens is 4. The Morgan fingerprint density at radius 2 is 1.88 bits per heavy atom. The van der Waals surface area contributed by atoms with Crippen LogP contribution in [0.5, 0.6) is 6.01 Å². The molecule has 13 heteroatoms. The van der Waals surface area contributed by atoms with Gasteiger partial charge in [0.25, 0.3) is 0 Å². The van der Waals surface area contributed by atoms with Crippen molar-refractivity contribution in [3.63, 3.8) is 0 Å². The second kappa shape index (κ2) is 15.0. The fraction of sp³-hybridized carbons (Fsp3) is 0.567. The molecule has 4 rings (SSSR count). The summed E-state index contributed by atoms with van der Waals surface area (Å²) < 4.78 is 11.9. The zero-order valence-corrected chi connectivity index (χ0v) is 25.7. The lowest BCUT2D eigenvalue weighted by Crippen LogP contribution is -2.41. The molecule has 2 aromatic heterocycles. The third-order valence-electron chi connectivity index (χ3n) is 7.83. The van der Waals surface area contributed by atoms with E-state index in [1.165, 1.54) is 11.7 Å². The average molecular weight is 597 g/mol. The lowest BCUT2D eigenvalue weighted by atomic mass is 10.1. The number of H-pyrrole nitrogens is 1. The molecule has 3 N–H and O–H groups in total. The SMILES string of the molecule is CCCCOc1nc(N)c2[nH]c(=O)n(CCCN(Cc3ccc(CC(=O)OC)cc3)C(=O)CN3CCC(N(C)C)C3)c2n1. The number of likely N-dealkylation sites (tertiary alicyclic amines) is 1. The molecule has 3 aromatic rings. The van der Waals surface area contributed by atoms with Crippen molar-refractivity contribution in [2.75, 3.05) is 59.7 Å². The van der Waals surface area contributed by atoms with Crippen molar-refractivity contribution in [2.24, 2.45) is 0 Å². The van der Waals surface area contributed by atoms with Crippen LogP contribution in [0.3, 0.4) is 0 Å². The van der Waals surface area contributed by atoms with Crippen molar-refractivity contribution in [3.05, 3.63) is 45.9 Å². The largest absolute Gasteiger partial charge is 0.469 e. The van der Waals surface area contributed by atoms with Crippen LogP contribution >= 0.6 is 0 Å². The van der Waals surface area contributed by atoms with E-state index in [-0.39, 0.29) is 35.8 Å². The Morgan fingerprint density at radius 3 is 2.56 bits per heavy atom. The van der Waals surface area contributed by atoms with Gasteiger partial charge < -0.3 is 30.0 Å². The number of hydrogen-bond donors (Lipinski definition) is 2. The standard InChI is InChI=1S/C30H44N8O5/c1-5-6-16-43-29-33-27(31)26-28(34-29)38(30(41)32-26)14-7-13-37(24(39)20-36-15-12-23(19-36)35(2)3)18-22-10-8-21(9-11-22)17-25(40)42-4/h8-11,23H,5-7,12-20H2,1-4H3,(H,32,41)(H2,31,33,34). The molecular weight excluding hydrogens is 552 g/mol. The highest BCUT2D eigenvalue weighted by Gasteiger charge is 2.27. The zero-order valence-electron chi connectivity index (χ0n) is 25.7. The number of carbonyl (C=O) groups is 2. The van der Waals surface area contributed by atoms with Crippen molar-refractivity contribution >= 4 is 28.9 Å². The highest BCUT2D eigenvalue weighted by atomic mass is 16.5. The summed E-state index contributed by atoms with van der Waals surface area (Å²) >= 11 is 0. The number of benzene rings is 1. The summed E-state index contributed by atoms with van der Waals surface area (Å²) in [7, 11) is 5.50. The minimum absolute atomic E-state index is 0.0301. The van der Waals surface area contributed by atoms with Gasteiger partial charge in [-0.1, -0.05) is 37.6 Å². The Kier molecular flexibility index (Phi) is 11.1. The number of methoxy groups -OCH3 is 1. The van der Waals surface area contributed by atoms with E-state index in [9.17, 15) is 14.4 Å². The number of nitrogens with one attached hydrogen (secondary N) is 1. The zero-order chi connectivity index (χ0) is 30.9. The summed E-state index contributed by atoms with van der Waals surface area (Å²) in [6.07, 6.45) is 3.57. The summed E-state index contributed by atoms with van der Waals surface area (Å²) in [6.45, 7) is 5.76. The summed E-state index contributed by atoms with van der Waals surface area (Å²) in [5.41, 5.74) is 8.31. The van der Waals surface area contributed by atoms with E-state index < -0.39 is 0 Å². The number of nitrogen functional groups attached to an aromatic ring is 1. The molecule has 1 fully saturated rings. The van der Waals surface area contributed by atoms with E-state index in [0.29, 0.717) is 56.4 Å². The molecule has 0 aliphatic carbocycles. The van der Waals surface area contributed by atoms with Gasteiger partial charge in [-0.3, -0.25) is 19.1 Å². The molecular formula is C30H44N8O5. The quantitative estimate of drug-likeness (QED) is 0.196. The third-order valence-corrected chi connectivity index (χ3v) is 7.83. The molecule has 1 atom stereocenters. The molecule has 0 radical (unpaired) electrons. The number of fused-ring (bicyclic) bond motifs is 1. The van der Waals surface area contributed by atoms with Crippen LogP contribution in [-0.4, -0.2) is 106 Å². The predicted molar refractivity (Wildman–Crippen MR) is 164 cm³/mol. The van der Waals surface area contributed by atoms with Gasteiger partial charge in [-0.05, 0) is 44.5 Å². The van der Waals surface area contributed by atoms with Crippen molar-refractivity contribution in [2.45, 2.75) is 58.2 Å². The van der Waals surface area contributed by atoms with Crippen LogP contribution in [-0.2, 0) is 33.8 Å². The number of nitrogens with zero attached hydrogens (tertiary/aromatic N) is 6. The Morgan fingerprint density at radius 1 is 1.14 bits per heavy atom. The number of anilines is 1. The molecule has 0 spiro atoms. The van der Waals surface area contributed by atoms with Crippen LogP contribution in [0.2, 0.25) is 0 Å². The Bertz CT molecular complexity index is 1430. The summed E-state index contributed by atoms with van der Waals surface area (Å²) in [6, 6.07) is 8.20. The molecule has 13 nitrogen and oxygen atoms in total. The second-order valence-electron chi connectivity index (χ2n) is 11.3. The number of unbranched alkanes of at least 4 members (excludes halogenated alkanes) is 1. The van der Waals surface area contributed by atoms with Crippen LogP contribution < -0.4 is 16.2 Å². The minimum atomic E-state index is -0.340. The number of aryl methyl sites for hydroxylation is 1. The van der Waals surface area contributed by atoms with Gasteiger partial charge in [-0.25, -0.2) is 4.79 Å². The van der Waals surface area contributed by atoms with Gasteiger partial charge in [0.2, 0.25) is 5.91 Å². The molecule has 1 saturated heterocycles. The first-order valence-corrected chi connectivity index (χ1v) is 14.9. The van der Waals surface area contributed by atoms with E-state index in [2.05, 4.69) is 45.8 Å². The van der Waals surface area contributed by atoms with Gasteiger partial charge in [-0.15, -0.1) is 0 Å². The highest BCUT2D eigenvalue weighted by Crippen LogP contribution is 2.19. The topological polar surface area (TPSA) is 152 Å². The molecule has 3 heterocycles. The van der Waals surface area contributed by atoms with Crippen molar-refractivity contribution in [1.29, 1.82) is 0 Å². The normalized spacial score (nSPS) is 15.3. The average Bonchev–Trinajstić information content (AvgIpc) is 3.58. The van der Waals surface area contributed by atoms with Gasteiger partial charge in [0, 0.05) is 38.8 Å². The van der Waals surface area contributed by atoms with E-state index in [4.69, 9.17) is 15.2 Å². The smallest absolute Gasteiger partial charge is 0.327 e.